The van der Waals surface area contributed by atoms with Crippen LogP contribution in [0.15, 0.2) is 12.7 Å². The van der Waals surface area contributed by atoms with Crippen LogP contribution in [-0.4, -0.2) is 37.5 Å². The van der Waals surface area contributed by atoms with Crippen LogP contribution in [0.2, 0.25) is 0 Å². The van der Waals surface area contributed by atoms with Gasteiger partial charge in [0.15, 0.2) is 17.0 Å². The number of hydrazine groups is 1. The van der Waals surface area contributed by atoms with E-state index in [1.54, 1.807) is 6.33 Å². The van der Waals surface area contributed by atoms with Crippen LogP contribution in [-0.2, 0) is 0 Å². The van der Waals surface area contributed by atoms with Gasteiger partial charge in [-0.1, -0.05) is 0 Å². The standard InChI is InChI=1S/C10H16N6/c1-10(2,3)16(4)15-9-7-8(12-5-11-7)13-6-14-9/h5-6H,1-4H3,(H2,11,12,13,14,15). The van der Waals surface area contributed by atoms with E-state index in [1.165, 1.54) is 6.33 Å². The Morgan fingerprint density at radius 1 is 1.25 bits per heavy atom. The lowest BCUT2D eigenvalue weighted by Crippen LogP contribution is -2.42. The zero-order valence-electron chi connectivity index (χ0n) is 9.94. The summed E-state index contributed by atoms with van der Waals surface area (Å²) in [5, 5.41) is 1.99. The second kappa shape index (κ2) is 3.71. The van der Waals surface area contributed by atoms with E-state index in [2.05, 4.69) is 46.1 Å². The van der Waals surface area contributed by atoms with Crippen molar-refractivity contribution in [1.29, 1.82) is 0 Å². The van der Waals surface area contributed by atoms with E-state index in [0.29, 0.717) is 5.82 Å². The van der Waals surface area contributed by atoms with Gasteiger partial charge in [-0.3, -0.25) is 0 Å². The van der Waals surface area contributed by atoms with Gasteiger partial charge in [0, 0.05) is 12.6 Å². The molecule has 2 aromatic rings. The average molecular weight is 220 g/mol. The molecule has 2 rings (SSSR count). The van der Waals surface area contributed by atoms with Crippen molar-refractivity contribution in [3.63, 3.8) is 0 Å². The van der Waals surface area contributed by atoms with Crippen LogP contribution in [0.4, 0.5) is 5.82 Å². The van der Waals surface area contributed by atoms with Gasteiger partial charge in [-0.05, 0) is 20.8 Å². The summed E-state index contributed by atoms with van der Waals surface area (Å²) in [6, 6.07) is 0. The minimum Gasteiger partial charge on any atom is -0.329 e. The highest BCUT2D eigenvalue weighted by Gasteiger charge is 2.18. The van der Waals surface area contributed by atoms with Gasteiger partial charge in [-0.2, -0.15) is 0 Å². The average Bonchev–Trinajstić information content (AvgIpc) is 2.65. The van der Waals surface area contributed by atoms with Gasteiger partial charge in [-0.25, -0.2) is 20.0 Å². The molecule has 0 fully saturated rings. The zero-order valence-corrected chi connectivity index (χ0v) is 9.94. The number of fused-ring (bicyclic) bond motifs is 1. The molecular formula is C10H16N6. The number of imidazole rings is 1. The van der Waals surface area contributed by atoms with Gasteiger partial charge in [0.2, 0.25) is 0 Å². The van der Waals surface area contributed by atoms with Crippen molar-refractivity contribution in [2.24, 2.45) is 0 Å². The van der Waals surface area contributed by atoms with Crippen molar-refractivity contribution < 1.29 is 0 Å². The second-order valence-corrected chi connectivity index (χ2v) is 4.66. The largest absolute Gasteiger partial charge is 0.329 e. The minimum absolute atomic E-state index is 0.00752. The van der Waals surface area contributed by atoms with E-state index in [-0.39, 0.29) is 5.54 Å². The highest BCUT2D eigenvalue weighted by atomic mass is 15.5. The topological polar surface area (TPSA) is 69.7 Å². The molecule has 0 spiro atoms. The molecule has 2 heterocycles. The number of nitrogens with zero attached hydrogens (tertiary/aromatic N) is 4. The van der Waals surface area contributed by atoms with Crippen LogP contribution in [0.5, 0.6) is 0 Å². The van der Waals surface area contributed by atoms with E-state index in [4.69, 9.17) is 0 Å². The zero-order chi connectivity index (χ0) is 11.8. The molecule has 0 aromatic carbocycles. The molecule has 6 nitrogen and oxygen atoms in total. The quantitative estimate of drug-likeness (QED) is 0.749. The fourth-order valence-corrected chi connectivity index (χ4v) is 1.17. The maximum absolute atomic E-state index is 4.19. The fraction of sp³-hybridized carbons (Fsp3) is 0.500. The van der Waals surface area contributed by atoms with Crippen LogP contribution in [0.3, 0.4) is 0 Å². The predicted octanol–water partition coefficient (Wildman–Crippen LogP) is 1.41. The Morgan fingerprint density at radius 3 is 2.69 bits per heavy atom. The number of H-pyrrole nitrogens is 1. The van der Waals surface area contributed by atoms with Crippen molar-refractivity contribution in [3.05, 3.63) is 12.7 Å². The number of aromatic nitrogens is 4. The highest BCUT2D eigenvalue weighted by Crippen LogP contribution is 2.17. The summed E-state index contributed by atoms with van der Waals surface area (Å²) >= 11 is 0. The Morgan fingerprint density at radius 2 is 2.00 bits per heavy atom. The van der Waals surface area contributed by atoms with Crippen LogP contribution >= 0.6 is 0 Å². The Balaban J connectivity index is 2.31. The highest BCUT2D eigenvalue weighted by molar-refractivity contribution is 5.81. The number of aromatic amines is 1. The monoisotopic (exact) mass is 220 g/mol. The molecule has 0 amide bonds. The number of nitrogens with one attached hydrogen (secondary N) is 2. The maximum Gasteiger partial charge on any atom is 0.172 e. The van der Waals surface area contributed by atoms with Gasteiger partial charge < -0.3 is 10.4 Å². The van der Waals surface area contributed by atoms with Gasteiger partial charge in [0.25, 0.3) is 0 Å². The Labute approximate surface area is 94.1 Å². The Hall–Kier alpha value is -1.69. The Bertz CT molecular complexity index is 483. The number of rotatable bonds is 2. The van der Waals surface area contributed by atoms with E-state index in [0.717, 1.165) is 11.2 Å². The normalized spacial score (nSPS) is 12.3. The lowest BCUT2D eigenvalue weighted by Gasteiger charge is -2.32. The SMILES string of the molecule is CN(Nc1ncnc2[nH]cnc12)C(C)(C)C. The molecule has 0 bridgehead atoms. The molecule has 0 saturated carbocycles. The molecule has 0 saturated heterocycles. The summed E-state index contributed by atoms with van der Waals surface area (Å²) in [4.78, 5) is 15.4. The van der Waals surface area contributed by atoms with E-state index in [9.17, 15) is 0 Å². The molecule has 0 unspecified atom stereocenters. The molecule has 0 atom stereocenters. The summed E-state index contributed by atoms with van der Waals surface area (Å²) in [6.45, 7) is 6.34. The predicted molar refractivity (Wildman–Crippen MR) is 62.8 cm³/mol. The number of hydrogen-bond acceptors (Lipinski definition) is 5. The van der Waals surface area contributed by atoms with Crippen molar-refractivity contribution in [2.45, 2.75) is 26.3 Å². The summed E-state index contributed by atoms with van der Waals surface area (Å²) in [6.07, 6.45) is 3.13. The van der Waals surface area contributed by atoms with Gasteiger partial charge in [-0.15, -0.1) is 0 Å². The third kappa shape index (κ3) is 1.96. The van der Waals surface area contributed by atoms with Crippen molar-refractivity contribution in [3.8, 4) is 0 Å². The first-order chi connectivity index (χ1) is 7.48. The van der Waals surface area contributed by atoms with Gasteiger partial charge in [0.1, 0.15) is 6.33 Å². The van der Waals surface area contributed by atoms with Crippen LogP contribution in [0, 0.1) is 0 Å². The first kappa shape index (κ1) is 10.8. The van der Waals surface area contributed by atoms with Gasteiger partial charge in [0.05, 0.1) is 6.33 Å². The molecule has 2 aromatic heterocycles. The summed E-state index contributed by atoms with van der Waals surface area (Å²) in [5.41, 5.74) is 4.70. The lowest BCUT2D eigenvalue weighted by atomic mass is 10.1. The van der Waals surface area contributed by atoms with Crippen LogP contribution in [0.1, 0.15) is 20.8 Å². The van der Waals surface area contributed by atoms with E-state index >= 15 is 0 Å². The molecule has 16 heavy (non-hydrogen) atoms. The number of hydrogen-bond donors (Lipinski definition) is 2. The van der Waals surface area contributed by atoms with Gasteiger partial charge >= 0.3 is 0 Å². The molecule has 0 aliphatic rings. The Kier molecular flexibility index (Phi) is 2.51. The van der Waals surface area contributed by atoms with E-state index < -0.39 is 0 Å². The molecule has 0 aliphatic carbocycles. The number of anilines is 1. The lowest BCUT2D eigenvalue weighted by molar-refractivity contribution is 0.215. The molecule has 6 heteroatoms. The minimum atomic E-state index is 0.00752. The summed E-state index contributed by atoms with van der Waals surface area (Å²) < 4.78 is 0. The van der Waals surface area contributed by atoms with Crippen LogP contribution in [0.25, 0.3) is 11.2 Å². The van der Waals surface area contributed by atoms with Crippen molar-refractivity contribution in [1.82, 2.24) is 24.9 Å². The second-order valence-electron chi connectivity index (χ2n) is 4.66. The summed E-state index contributed by atoms with van der Waals surface area (Å²) in [5.74, 6) is 0.712. The maximum atomic E-state index is 4.19. The molecule has 2 N–H and O–H groups in total. The summed E-state index contributed by atoms with van der Waals surface area (Å²) in [7, 11) is 1.97. The van der Waals surface area contributed by atoms with Crippen molar-refractivity contribution >= 4 is 17.0 Å². The molecular weight excluding hydrogens is 204 g/mol. The molecule has 86 valence electrons. The third-order valence-corrected chi connectivity index (χ3v) is 2.50. The third-order valence-electron chi connectivity index (χ3n) is 2.50. The van der Waals surface area contributed by atoms with Crippen LogP contribution < -0.4 is 5.43 Å². The molecule has 0 aliphatic heterocycles. The first-order valence-corrected chi connectivity index (χ1v) is 5.13. The smallest absolute Gasteiger partial charge is 0.172 e. The van der Waals surface area contributed by atoms with E-state index in [1.807, 2.05) is 12.1 Å². The first-order valence-electron chi connectivity index (χ1n) is 5.13. The molecule has 0 radical (unpaired) electrons. The van der Waals surface area contributed by atoms with Crippen molar-refractivity contribution in [2.75, 3.05) is 12.5 Å². The fourth-order valence-electron chi connectivity index (χ4n) is 1.17.